The van der Waals surface area contributed by atoms with Crippen molar-refractivity contribution in [2.24, 2.45) is 5.84 Å². The summed E-state index contributed by atoms with van der Waals surface area (Å²) in [4.78, 5) is 0. The molecule has 0 radical (unpaired) electrons. The van der Waals surface area contributed by atoms with E-state index in [-0.39, 0.29) is 11.6 Å². The van der Waals surface area contributed by atoms with E-state index in [4.69, 9.17) is 10.6 Å². The molecule has 0 spiro atoms. The minimum atomic E-state index is -0.102. The molecular weight excluding hydrogens is 236 g/mol. The zero-order chi connectivity index (χ0) is 13.7. The molecule has 1 unspecified atom stereocenters. The predicted molar refractivity (Wildman–Crippen MR) is 78.8 cm³/mol. The van der Waals surface area contributed by atoms with Gasteiger partial charge in [-0.25, -0.2) is 0 Å². The van der Waals surface area contributed by atoms with E-state index >= 15 is 0 Å². The molecule has 3 N–H and O–H groups in total. The second-order valence-electron chi connectivity index (χ2n) is 5.68. The van der Waals surface area contributed by atoms with Crippen LogP contribution in [0.25, 0.3) is 0 Å². The van der Waals surface area contributed by atoms with Gasteiger partial charge >= 0.3 is 0 Å². The summed E-state index contributed by atoms with van der Waals surface area (Å²) in [6.45, 7) is 2.16. The Morgan fingerprint density at radius 1 is 1.26 bits per heavy atom. The van der Waals surface area contributed by atoms with Crippen LogP contribution < -0.4 is 11.3 Å². The lowest BCUT2D eigenvalue weighted by atomic mass is 9.77. The molecule has 0 aliphatic heterocycles. The van der Waals surface area contributed by atoms with Crippen LogP contribution in [0.4, 0.5) is 0 Å². The first-order valence-electron chi connectivity index (χ1n) is 7.27. The Kier molecular flexibility index (Phi) is 4.97. The Morgan fingerprint density at radius 2 is 1.95 bits per heavy atom. The molecule has 1 atom stereocenters. The largest absolute Gasteiger partial charge is 0.377 e. The van der Waals surface area contributed by atoms with Crippen LogP contribution in [-0.4, -0.2) is 18.8 Å². The minimum Gasteiger partial charge on any atom is -0.377 e. The fraction of sp³-hybridized carbons (Fsp3) is 0.625. The summed E-state index contributed by atoms with van der Waals surface area (Å²) >= 11 is 0. The third-order valence-corrected chi connectivity index (χ3v) is 4.63. The molecule has 2 rings (SSSR count). The zero-order valence-electron chi connectivity index (χ0n) is 12.1. The summed E-state index contributed by atoms with van der Waals surface area (Å²) in [6, 6.07) is 8.70. The highest BCUT2D eigenvalue weighted by Crippen LogP contribution is 2.35. The number of aryl methyl sites for hydroxylation is 1. The number of methoxy groups -OCH3 is 1. The molecule has 0 saturated heterocycles. The summed E-state index contributed by atoms with van der Waals surface area (Å²) < 4.78 is 5.90. The highest BCUT2D eigenvalue weighted by molar-refractivity contribution is 5.27. The lowest BCUT2D eigenvalue weighted by molar-refractivity contribution is -0.0674. The first kappa shape index (κ1) is 14.5. The Morgan fingerprint density at radius 3 is 2.53 bits per heavy atom. The molecule has 1 aliphatic carbocycles. The van der Waals surface area contributed by atoms with Gasteiger partial charge in [0, 0.05) is 7.11 Å². The van der Waals surface area contributed by atoms with Gasteiger partial charge in [-0.3, -0.25) is 11.3 Å². The quantitative estimate of drug-likeness (QED) is 0.633. The molecule has 3 heteroatoms. The van der Waals surface area contributed by atoms with Crippen molar-refractivity contribution >= 4 is 0 Å². The summed E-state index contributed by atoms with van der Waals surface area (Å²) in [5.74, 6) is 5.83. The Hall–Kier alpha value is -0.900. The third kappa shape index (κ3) is 3.16. The fourth-order valence-electron chi connectivity index (χ4n) is 3.30. The number of nitrogens with one attached hydrogen (secondary N) is 1. The van der Waals surface area contributed by atoms with Crippen molar-refractivity contribution in [3.05, 3.63) is 35.4 Å². The fourth-order valence-corrected chi connectivity index (χ4v) is 3.30. The number of ether oxygens (including phenoxy) is 1. The predicted octanol–water partition coefficient (Wildman–Crippen LogP) is 2.72. The molecule has 3 nitrogen and oxygen atoms in total. The summed E-state index contributed by atoms with van der Waals surface area (Å²) in [5.41, 5.74) is 5.59. The van der Waals surface area contributed by atoms with Crippen LogP contribution in [0.2, 0.25) is 0 Å². The third-order valence-electron chi connectivity index (χ3n) is 4.63. The van der Waals surface area contributed by atoms with Crippen LogP contribution in [0.5, 0.6) is 0 Å². The van der Waals surface area contributed by atoms with Gasteiger partial charge in [0.15, 0.2) is 0 Å². The van der Waals surface area contributed by atoms with Crippen LogP contribution in [0.15, 0.2) is 24.3 Å². The average Bonchev–Trinajstić information content (AvgIpc) is 2.47. The van der Waals surface area contributed by atoms with Crippen molar-refractivity contribution in [2.45, 2.75) is 57.1 Å². The monoisotopic (exact) mass is 262 g/mol. The second-order valence-corrected chi connectivity index (χ2v) is 5.68. The van der Waals surface area contributed by atoms with E-state index in [0.29, 0.717) is 0 Å². The molecular formula is C16H26N2O. The molecule has 1 saturated carbocycles. The Labute approximate surface area is 116 Å². The first-order valence-corrected chi connectivity index (χ1v) is 7.27. The molecule has 1 fully saturated rings. The SMILES string of the molecule is COC1(C(Cc2ccccc2C)NN)CCCCC1. The van der Waals surface area contributed by atoms with Crippen LogP contribution >= 0.6 is 0 Å². The van der Waals surface area contributed by atoms with E-state index in [1.54, 1.807) is 0 Å². The smallest absolute Gasteiger partial charge is 0.0847 e. The molecule has 1 aliphatic rings. The summed E-state index contributed by atoms with van der Waals surface area (Å²) in [7, 11) is 1.83. The van der Waals surface area contributed by atoms with E-state index in [0.717, 1.165) is 19.3 Å². The Bertz CT molecular complexity index is 399. The van der Waals surface area contributed by atoms with Gasteiger partial charge in [0.2, 0.25) is 0 Å². The average molecular weight is 262 g/mol. The van der Waals surface area contributed by atoms with Crippen molar-refractivity contribution in [1.29, 1.82) is 0 Å². The van der Waals surface area contributed by atoms with Gasteiger partial charge in [-0.2, -0.15) is 0 Å². The van der Waals surface area contributed by atoms with Gasteiger partial charge in [-0.05, 0) is 37.3 Å². The van der Waals surface area contributed by atoms with Crippen molar-refractivity contribution < 1.29 is 4.74 Å². The number of hydrogen-bond acceptors (Lipinski definition) is 3. The van der Waals surface area contributed by atoms with Crippen molar-refractivity contribution in [3.8, 4) is 0 Å². The normalized spacial score (nSPS) is 20.2. The van der Waals surface area contributed by atoms with E-state index < -0.39 is 0 Å². The maximum atomic E-state index is 5.90. The van der Waals surface area contributed by atoms with Gasteiger partial charge < -0.3 is 4.74 Å². The Balaban J connectivity index is 2.17. The van der Waals surface area contributed by atoms with Gasteiger partial charge in [-0.1, -0.05) is 43.5 Å². The molecule has 106 valence electrons. The van der Waals surface area contributed by atoms with E-state index in [9.17, 15) is 0 Å². The van der Waals surface area contributed by atoms with Crippen LogP contribution in [0.1, 0.15) is 43.2 Å². The number of benzene rings is 1. The molecule has 0 bridgehead atoms. The summed E-state index contributed by atoms with van der Waals surface area (Å²) in [5, 5.41) is 0. The lowest BCUT2D eigenvalue weighted by Gasteiger charge is -2.42. The molecule has 1 aromatic carbocycles. The molecule has 19 heavy (non-hydrogen) atoms. The van der Waals surface area contributed by atoms with Crippen LogP contribution in [0.3, 0.4) is 0 Å². The number of hydrogen-bond donors (Lipinski definition) is 2. The lowest BCUT2D eigenvalue weighted by Crippen LogP contribution is -2.56. The van der Waals surface area contributed by atoms with Crippen LogP contribution in [0, 0.1) is 6.92 Å². The number of nitrogens with two attached hydrogens (primary N) is 1. The maximum Gasteiger partial charge on any atom is 0.0847 e. The second kappa shape index (κ2) is 6.51. The molecule has 0 heterocycles. The van der Waals surface area contributed by atoms with Crippen molar-refractivity contribution in [2.75, 3.05) is 7.11 Å². The van der Waals surface area contributed by atoms with Gasteiger partial charge in [0.1, 0.15) is 0 Å². The van der Waals surface area contributed by atoms with E-state index in [2.05, 4.69) is 36.6 Å². The van der Waals surface area contributed by atoms with E-state index in [1.807, 2.05) is 7.11 Å². The van der Waals surface area contributed by atoms with Gasteiger partial charge in [-0.15, -0.1) is 0 Å². The molecule has 0 amide bonds. The topological polar surface area (TPSA) is 47.3 Å². The van der Waals surface area contributed by atoms with Gasteiger partial charge in [0.05, 0.1) is 11.6 Å². The summed E-state index contributed by atoms with van der Waals surface area (Å²) in [6.07, 6.45) is 6.91. The van der Waals surface area contributed by atoms with Crippen LogP contribution in [-0.2, 0) is 11.2 Å². The molecule has 1 aromatic rings. The minimum absolute atomic E-state index is 0.102. The van der Waals surface area contributed by atoms with Gasteiger partial charge in [0.25, 0.3) is 0 Å². The molecule has 0 aromatic heterocycles. The van der Waals surface area contributed by atoms with Crippen molar-refractivity contribution in [1.82, 2.24) is 5.43 Å². The number of rotatable bonds is 5. The van der Waals surface area contributed by atoms with Crippen molar-refractivity contribution in [3.63, 3.8) is 0 Å². The maximum absolute atomic E-state index is 5.90. The highest BCUT2D eigenvalue weighted by atomic mass is 16.5. The standard InChI is InChI=1S/C16H26N2O/c1-13-8-4-5-9-14(13)12-15(18-17)16(19-2)10-6-3-7-11-16/h4-5,8-9,15,18H,3,6-7,10-12,17H2,1-2H3. The van der Waals surface area contributed by atoms with E-state index in [1.165, 1.54) is 30.4 Å². The highest BCUT2D eigenvalue weighted by Gasteiger charge is 2.39. The zero-order valence-corrected chi connectivity index (χ0v) is 12.1. The number of hydrazine groups is 1. The first-order chi connectivity index (χ1) is 9.22.